The van der Waals surface area contributed by atoms with Gasteiger partial charge in [-0.2, -0.15) is 0 Å². The predicted octanol–water partition coefficient (Wildman–Crippen LogP) is 3.56. The molecule has 0 bridgehead atoms. The first-order chi connectivity index (χ1) is 8.43. The molecule has 1 fully saturated rings. The lowest BCUT2D eigenvalue weighted by molar-refractivity contribution is 0.306. The maximum absolute atomic E-state index is 13.5. The molecule has 1 saturated heterocycles. The third-order valence-electron chi connectivity index (χ3n) is 3.51. The Morgan fingerprint density at radius 1 is 1.50 bits per heavy atom. The van der Waals surface area contributed by atoms with E-state index in [1.165, 1.54) is 6.07 Å². The van der Waals surface area contributed by atoms with Crippen molar-refractivity contribution in [1.29, 1.82) is 0 Å². The third-order valence-corrected chi connectivity index (χ3v) is 4.18. The van der Waals surface area contributed by atoms with Crippen LogP contribution in [0.3, 0.4) is 0 Å². The minimum atomic E-state index is -0.181. The van der Waals surface area contributed by atoms with Gasteiger partial charge < -0.3 is 10.2 Å². The van der Waals surface area contributed by atoms with Crippen molar-refractivity contribution in [3.05, 3.63) is 28.5 Å². The molecule has 1 aliphatic rings. The van der Waals surface area contributed by atoms with Gasteiger partial charge >= 0.3 is 0 Å². The zero-order valence-electron chi connectivity index (χ0n) is 11.1. The number of halogens is 2. The van der Waals surface area contributed by atoms with E-state index in [0.717, 1.165) is 29.7 Å². The molecule has 18 heavy (non-hydrogen) atoms. The number of hydrogen-bond acceptors (Lipinski definition) is 2. The van der Waals surface area contributed by atoms with Crippen LogP contribution in [0.25, 0.3) is 0 Å². The molecule has 1 unspecified atom stereocenters. The highest BCUT2D eigenvalue weighted by atomic mass is 79.9. The fourth-order valence-electron chi connectivity index (χ4n) is 2.47. The summed E-state index contributed by atoms with van der Waals surface area (Å²) in [5.74, 6) is -0.181. The van der Waals surface area contributed by atoms with Crippen LogP contribution in [0.15, 0.2) is 22.7 Å². The molecule has 1 aliphatic heterocycles. The van der Waals surface area contributed by atoms with Crippen molar-refractivity contribution in [2.45, 2.75) is 38.8 Å². The molecule has 1 aromatic rings. The highest BCUT2D eigenvalue weighted by molar-refractivity contribution is 9.10. The zero-order valence-corrected chi connectivity index (χ0v) is 12.7. The van der Waals surface area contributed by atoms with Crippen LogP contribution in [0.5, 0.6) is 0 Å². The average Bonchev–Trinajstić information content (AvgIpc) is 2.31. The van der Waals surface area contributed by atoms with E-state index in [0.29, 0.717) is 6.04 Å². The van der Waals surface area contributed by atoms with E-state index in [2.05, 4.69) is 46.9 Å². The topological polar surface area (TPSA) is 15.3 Å². The van der Waals surface area contributed by atoms with Crippen molar-refractivity contribution in [3.8, 4) is 0 Å². The zero-order chi connectivity index (χ0) is 13.3. The molecule has 1 N–H and O–H groups in total. The van der Waals surface area contributed by atoms with Gasteiger partial charge in [0.15, 0.2) is 0 Å². The number of anilines is 1. The SMILES string of the molecule is CCC1CNC(C)(C)CN1c1cc(F)ccc1Br. The van der Waals surface area contributed by atoms with Gasteiger partial charge in [-0.25, -0.2) is 4.39 Å². The molecule has 2 rings (SSSR count). The largest absolute Gasteiger partial charge is 0.364 e. The fourth-order valence-corrected chi connectivity index (χ4v) is 2.94. The van der Waals surface area contributed by atoms with E-state index in [9.17, 15) is 4.39 Å². The monoisotopic (exact) mass is 314 g/mol. The van der Waals surface area contributed by atoms with Crippen molar-refractivity contribution in [2.75, 3.05) is 18.0 Å². The number of nitrogens with one attached hydrogen (secondary N) is 1. The molecule has 0 amide bonds. The first-order valence-electron chi connectivity index (χ1n) is 6.39. The molecule has 100 valence electrons. The molecular formula is C14H20BrFN2. The average molecular weight is 315 g/mol. The van der Waals surface area contributed by atoms with Crippen molar-refractivity contribution in [3.63, 3.8) is 0 Å². The molecular weight excluding hydrogens is 295 g/mol. The van der Waals surface area contributed by atoms with Crippen LogP contribution >= 0.6 is 15.9 Å². The summed E-state index contributed by atoms with van der Waals surface area (Å²) in [6.45, 7) is 8.35. The Balaban J connectivity index is 2.35. The molecule has 1 heterocycles. The quantitative estimate of drug-likeness (QED) is 0.898. The molecule has 0 aromatic heterocycles. The van der Waals surface area contributed by atoms with Crippen LogP contribution in [-0.4, -0.2) is 24.7 Å². The van der Waals surface area contributed by atoms with Crippen LogP contribution in [0.2, 0.25) is 0 Å². The Hall–Kier alpha value is -0.610. The van der Waals surface area contributed by atoms with E-state index >= 15 is 0 Å². The van der Waals surface area contributed by atoms with Gasteiger partial charge in [0, 0.05) is 29.1 Å². The van der Waals surface area contributed by atoms with E-state index in [4.69, 9.17) is 0 Å². The molecule has 0 aliphatic carbocycles. The summed E-state index contributed by atoms with van der Waals surface area (Å²) in [6, 6.07) is 5.30. The molecule has 0 saturated carbocycles. The Morgan fingerprint density at radius 3 is 2.89 bits per heavy atom. The maximum atomic E-state index is 13.5. The Kier molecular flexibility index (Phi) is 3.97. The van der Waals surface area contributed by atoms with Gasteiger partial charge in [0.25, 0.3) is 0 Å². The van der Waals surface area contributed by atoms with Crippen molar-refractivity contribution in [1.82, 2.24) is 5.32 Å². The molecule has 1 atom stereocenters. The molecule has 0 spiro atoms. The lowest BCUT2D eigenvalue weighted by Crippen LogP contribution is -2.61. The number of benzene rings is 1. The third kappa shape index (κ3) is 2.86. The van der Waals surface area contributed by atoms with Crippen LogP contribution < -0.4 is 10.2 Å². The van der Waals surface area contributed by atoms with Gasteiger partial charge in [-0.3, -0.25) is 0 Å². The normalized spacial score (nSPS) is 23.2. The summed E-state index contributed by atoms with van der Waals surface area (Å²) in [5, 5.41) is 3.54. The van der Waals surface area contributed by atoms with Gasteiger partial charge in [0.05, 0.1) is 5.69 Å². The predicted molar refractivity (Wildman–Crippen MR) is 77.6 cm³/mol. The lowest BCUT2D eigenvalue weighted by Gasteiger charge is -2.46. The molecule has 2 nitrogen and oxygen atoms in total. The van der Waals surface area contributed by atoms with E-state index in [1.807, 2.05) is 0 Å². The first-order valence-corrected chi connectivity index (χ1v) is 7.19. The van der Waals surface area contributed by atoms with Crippen LogP contribution in [-0.2, 0) is 0 Å². The number of hydrogen-bond donors (Lipinski definition) is 1. The maximum Gasteiger partial charge on any atom is 0.125 e. The van der Waals surface area contributed by atoms with E-state index in [1.54, 1.807) is 12.1 Å². The van der Waals surface area contributed by atoms with Gasteiger partial charge in [-0.05, 0) is 54.4 Å². The van der Waals surface area contributed by atoms with Crippen molar-refractivity contribution < 1.29 is 4.39 Å². The summed E-state index contributed by atoms with van der Waals surface area (Å²) < 4.78 is 14.4. The lowest BCUT2D eigenvalue weighted by atomic mass is 9.97. The summed E-state index contributed by atoms with van der Waals surface area (Å²) in [5.41, 5.74) is 1.01. The summed E-state index contributed by atoms with van der Waals surface area (Å²) >= 11 is 3.53. The minimum absolute atomic E-state index is 0.0530. The Bertz CT molecular complexity index is 434. The van der Waals surface area contributed by atoms with Gasteiger partial charge in [0.1, 0.15) is 5.82 Å². The summed E-state index contributed by atoms with van der Waals surface area (Å²) in [7, 11) is 0. The Labute approximate surface area is 117 Å². The highest BCUT2D eigenvalue weighted by Crippen LogP contribution is 2.32. The van der Waals surface area contributed by atoms with Crippen LogP contribution in [0.4, 0.5) is 10.1 Å². The molecule has 1 aromatic carbocycles. The van der Waals surface area contributed by atoms with Crippen LogP contribution in [0, 0.1) is 5.82 Å². The smallest absolute Gasteiger partial charge is 0.125 e. The van der Waals surface area contributed by atoms with Gasteiger partial charge in [-0.1, -0.05) is 6.92 Å². The highest BCUT2D eigenvalue weighted by Gasteiger charge is 2.32. The number of rotatable bonds is 2. The first kappa shape index (κ1) is 13.8. The van der Waals surface area contributed by atoms with Gasteiger partial charge in [0.2, 0.25) is 0 Å². The molecule has 0 radical (unpaired) electrons. The summed E-state index contributed by atoms with van der Waals surface area (Å²) in [4.78, 5) is 2.31. The number of nitrogens with zero attached hydrogens (tertiary/aromatic N) is 1. The summed E-state index contributed by atoms with van der Waals surface area (Å²) in [6.07, 6.45) is 1.05. The van der Waals surface area contributed by atoms with Gasteiger partial charge in [-0.15, -0.1) is 0 Å². The second-order valence-corrected chi connectivity index (χ2v) is 6.40. The Morgan fingerprint density at radius 2 is 2.22 bits per heavy atom. The van der Waals surface area contributed by atoms with Crippen molar-refractivity contribution >= 4 is 21.6 Å². The standard InChI is InChI=1S/C14H20BrFN2/c1-4-11-8-17-14(2,3)9-18(11)13-7-10(16)5-6-12(13)15/h5-7,11,17H,4,8-9H2,1-3H3. The van der Waals surface area contributed by atoms with E-state index < -0.39 is 0 Å². The number of piperazine rings is 1. The fraction of sp³-hybridized carbons (Fsp3) is 0.571. The minimum Gasteiger partial charge on any atom is -0.364 e. The molecule has 4 heteroatoms. The van der Waals surface area contributed by atoms with E-state index in [-0.39, 0.29) is 11.4 Å². The second-order valence-electron chi connectivity index (χ2n) is 5.55. The van der Waals surface area contributed by atoms with Crippen molar-refractivity contribution in [2.24, 2.45) is 0 Å². The second kappa shape index (κ2) is 5.17. The van der Waals surface area contributed by atoms with Crippen LogP contribution in [0.1, 0.15) is 27.2 Å².